The lowest BCUT2D eigenvalue weighted by Crippen LogP contribution is -2.17. The number of nitrogen functional groups attached to an aromatic ring is 2. The number of benzene rings is 5. The van der Waals surface area contributed by atoms with E-state index in [4.69, 9.17) is 30.4 Å². The molecule has 0 atom stereocenters. The highest BCUT2D eigenvalue weighted by Crippen LogP contribution is 2.21. The third-order valence-corrected chi connectivity index (χ3v) is 13.7. The summed E-state index contributed by atoms with van der Waals surface area (Å²) >= 11 is 12.8. The maximum absolute atomic E-state index is 11.6. The number of Topliss-reactive ketones (excluding diaryl/α,β-unsaturated/α-hetero) is 1. The van der Waals surface area contributed by atoms with Crippen LogP contribution in [0.5, 0.6) is 0 Å². The minimum Gasteiger partial charge on any atom is -0.461 e. The molecule has 4 aromatic heterocycles. The van der Waals surface area contributed by atoms with Crippen molar-refractivity contribution in [3.63, 3.8) is 0 Å². The van der Waals surface area contributed by atoms with Crippen LogP contribution in [0, 0.1) is 0 Å². The first-order chi connectivity index (χ1) is 44.2. The molecule has 0 saturated heterocycles. The summed E-state index contributed by atoms with van der Waals surface area (Å²) in [7, 11) is 0. The molecule has 4 N–H and O–H groups in total. The molecule has 9 aromatic rings. The fourth-order valence-corrected chi connectivity index (χ4v) is 8.49. The van der Waals surface area contributed by atoms with Gasteiger partial charge in [-0.15, -0.1) is 6.58 Å². The number of esters is 5. The summed E-state index contributed by atoms with van der Waals surface area (Å²) in [4.78, 5) is 101. The highest BCUT2D eigenvalue weighted by atomic mass is 79.9. The number of hydrogen-bond acceptors (Lipinski definition) is 21. The van der Waals surface area contributed by atoms with Crippen molar-refractivity contribution in [1.82, 2.24) is 39.9 Å². The van der Waals surface area contributed by atoms with Crippen molar-refractivity contribution in [3.05, 3.63) is 176 Å². The fraction of sp³-hybridized carbons (Fsp3) is 0.313. The van der Waals surface area contributed by atoms with Gasteiger partial charge in [-0.05, 0) is 157 Å². The van der Waals surface area contributed by atoms with Gasteiger partial charge in [0.15, 0.2) is 22.8 Å². The standard InChI is InChI=1S/2C15H18N2O2.2C11H9BrN2O2.C6H7BrN2.C5H7BrO3.C4H8/c1-3-5-6-11-7-8-12-13(9-11)16-10-14(17-12)15(18)19-4-2;1-3-5-6-11-7-8-12-13(9-11)17-14(10-16-12)15(18)19-4-2;1-2-16-11(15)10-6-13-9-5-7(12)3-4-8(9)14-10;1-2-16-11(15)10-6-13-8-4-3-7(12)5-9(8)14-10;7-4-1-2-5(8)6(9)3-4;1-2-9-5(8)4(7)3-6;1-3-4-2/h2*7-10H,3-6H2,1-2H3;2*3-6H,2H2,1H3;1-3H,8-9H2;2-3H2,1H3;3H,1,4H2,2H3. The van der Waals surface area contributed by atoms with Gasteiger partial charge in [0.1, 0.15) is 0 Å². The minimum absolute atomic E-state index is 0.0336. The number of carbonyl (C=O) groups is 6. The van der Waals surface area contributed by atoms with Crippen LogP contribution in [0.25, 0.3) is 44.1 Å². The van der Waals surface area contributed by atoms with Gasteiger partial charge in [-0.25, -0.2) is 43.9 Å². The van der Waals surface area contributed by atoms with Crippen LogP contribution < -0.4 is 11.5 Å². The monoisotopic (exact) mass is 1510 g/mol. The average Bonchev–Trinajstić information content (AvgIpc) is 0.902. The maximum Gasteiger partial charge on any atom is 0.375 e. The zero-order chi connectivity index (χ0) is 68.0. The van der Waals surface area contributed by atoms with Crippen LogP contribution in [0.3, 0.4) is 0 Å². The van der Waals surface area contributed by atoms with Crippen molar-refractivity contribution in [3.8, 4) is 0 Å². The lowest BCUT2D eigenvalue weighted by Gasteiger charge is -2.04. The summed E-state index contributed by atoms with van der Waals surface area (Å²) < 4.78 is 26.7. The Labute approximate surface area is 569 Å². The van der Waals surface area contributed by atoms with E-state index in [1.807, 2.05) is 72.8 Å². The largest absolute Gasteiger partial charge is 0.461 e. The second-order valence-corrected chi connectivity index (χ2v) is 22.1. The molecule has 0 bridgehead atoms. The van der Waals surface area contributed by atoms with Gasteiger partial charge in [0, 0.05) is 13.4 Å². The van der Waals surface area contributed by atoms with Crippen LogP contribution in [-0.2, 0) is 46.1 Å². The summed E-state index contributed by atoms with van der Waals surface area (Å²) in [6.07, 6.45) is 15.5. The zero-order valence-corrected chi connectivity index (χ0v) is 59.0. The number of anilines is 2. The number of halogens is 4. The lowest BCUT2D eigenvalue weighted by atomic mass is 10.1. The van der Waals surface area contributed by atoms with E-state index in [2.05, 4.69) is 142 Å². The van der Waals surface area contributed by atoms with Crippen LogP contribution in [0.4, 0.5) is 11.4 Å². The fourth-order valence-electron chi connectivity index (χ4n) is 7.18. The van der Waals surface area contributed by atoms with Crippen LogP contribution in [-0.4, -0.2) is 114 Å². The van der Waals surface area contributed by atoms with E-state index < -0.39 is 35.6 Å². The Balaban J connectivity index is 0.000000290. The summed E-state index contributed by atoms with van der Waals surface area (Å²) in [6, 6.07) is 28.4. The number of nitrogens with two attached hydrogens (primary N) is 2. The number of aromatic nitrogens is 8. The number of nitrogens with zero attached hydrogens (tertiary/aromatic N) is 8. The Morgan fingerprint density at radius 2 is 0.750 bits per heavy atom. The number of hydrogen-bond donors (Lipinski definition) is 2. The Kier molecular flexibility index (Phi) is 36.9. The Morgan fingerprint density at radius 3 is 1.13 bits per heavy atom. The molecule has 0 saturated carbocycles. The van der Waals surface area contributed by atoms with Crippen molar-refractivity contribution in [1.29, 1.82) is 0 Å². The molecule has 5 aromatic carbocycles. The van der Waals surface area contributed by atoms with E-state index in [0.717, 1.165) is 78.6 Å². The van der Waals surface area contributed by atoms with Crippen LogP contribution >= 0.6 is 63.7 Å². The quantitative estimate of drug-likeness (QED) is 0.0201. The summed E-state index contributed by atoms with van der Waals surface area (Å²) in [6.45, 7) is 20.2. The van der Waals surface area contributed by atoms with Gasteiger partial charge in [0.05, 0.1) is 119 Å². The summed E-state index contributed by atoms with van der Waals surface area (Å²) in [5, 5.41) is 0.0336. The number of carbonyl (C=O) groups excluding carboxylic acids is 6. The molecule has 0 amide bonds. The van der Waals surface area contributed by atoms with Gasteiger partial charge in [0.25, 0.3) is 0 Å². The molecule has 25 heteroatoms. The molecule has 0 aliphatic heterocycles. The highest BCUT2D eigenvalue weighted by Gasteiger charge is 2.15. The first-order valence-corrected chi connectivity index (χ1v) is 32.9. The predicted octanol–water partition coefficient (Wildman–Crippen LogP) is 15.1. The van der Waals surface area contributed by atoms with Crippen molar-refractivity contribution in [2.75, 3.05) is 49.8 Å². The molecule has 0 unspecified atom stereocenters. The van der Waals surface area contributed by atoms with E-state index in [9.17, 15) is 28.8 Å². The molecule has 4 heterocycles. The van der Waals surface area contributed by atoms with Gasteiger partial charge in [-0.2, -0.15) is 0 Å². The second-order valence-electron chi connectivity index (χ2n) is 18.8. The molecular formula is C67H76Br4N10O11. The molecule has 0 spiro atoms. The molecule has 9 rings (SSSR count). The van der Waals surface area contributed by atoms with Gasteiger partial charge in [0.2, 0.25) is 5.78 Å². The lowest BCUT2D eigenvalue weighted by molar-refractivity contribution is -0.152. The van der Waals surface area contributed by atoms with Gasteiger partial charge in [-0.3, -0.25) is 24.7 Å². The molecule has 0 radical (unpaired) electrons. The molecule has 0 aliphatic rings. The minimum atomic E-state index is -0.769. The number of rotatable bonds is 18. The van der Waals surface area contributed by atoms with Gasteiger partial charge in [-0.1, -0.05) is 116 Å². The Hall–Kier alpha value is -8.26. The van der Waals surface area contributed by atoms with Crippen LogP contribution in [0.1, 0.15) is 141 Å². The number of unbranched alkanes of at least 4 members (excludes halogenated alkanes) is 2. The molecule has 0 fully saturated rings. The first kappa shape index (κ1) is 78.0. The molecule has 92 heavy (non-hydrogen) atoms. The normalized spacial score (nSPS) is 10.0. The number of alkyl halides is 1. The number of fused-ring (bicyclic) bond motifs is 4. The number of ether oxygens (including phenoxy) is 5. The van der Waals surface area contributed by atoms with Crippen LogP contribution in [0.15, 0.2) is 142 Å². The summed E-state index contributed by atoms with van der Waals surface area (Å²) in [5.41, 5.74) is 21.5. The Morgan fingerprint density at radius 1 is 0.424 bits per heavy atom. The summed E-state index contributed by atoms with van der Waals surface area (Å²) in [5.74, 6) is -3.05. The highest BCUT2D eigenvalue weighted by molar-refractivity contribution is 9.11. The van der Waals surface area contributed by atoms with Crippen molar-refractivity contribution in [2.45, 2.75) is 100 Å². The van der Waals surface area contributed by atoms with Crippen LogP contribution in [0.2, 0.25) is 0 Å². The second kappa shape index (κ2) is 43.5. The van der Waals surface area contributed by atoms with Crippen molar-refractivity contribution in [2.24, 2.45) is 0 Å². The van der Waals surface area contributed by atoms with E-state index in [0.29, 0.717) is 48.8 Å². The van der Waals surface area contributed by atoms with Crippen molar-refractivity contribution >= 4 is 155 Å². The smallest absolute Gasteiger partial charge is 0.375 e. The first-order valence-electron chi connectivity index (χ1n) is 29.4. The zero-order valence-electron chi connectivity index (χ0n) is 52.7. The van der Waals surface area contributed by atoms with Crippen molar-refractivity contribution < 1.29 is 52.5 Å². The SMILES string of the molecule is C=CCC.CCCCc1ccc2nc(C(=O)OCC)cnc2c1.CCCCc1ccc2ncc(C(=O)OCC)nc2c1.CCOC(=O)C(=O)CBr.CCOC(=O)c1cnc2cc(Br)ccc2n1.CCOC(=O)c1cnc2ccc(Br)cc2n1.Nc1ccc(Br)cc1N. The van der Waals surface area contributed by atoms with E-state index in [1.54, 1.807) is 52.8 Å². The number of aryl methyl sites for hydroxylation is 2. The average molecular weight is 1520 g/mol. The van der Waals surface area contributed by atoms with E-state index in [-0.39, 0.29) is 34.7 Å². The predicted molar refractivity (Wildman–Crippen MR) is 373 cm³/mol. The van der Waals surface area contributed by atoms with Gasteiger partial charge >= 0.3 is 29.8 Å². The molecule has 0 aliphatic carbocycles. The third kappa shape index (κ3) is 27.7. The third-order valence-electron chi connectivity index (χ3n) is 11.8. The number of allylic oxidation sites excluding steroid dienone is 1. The Bertz CT molecular complexity index is 3880. The van der Waals surface area contributed by atoms with E-state index >= 15 is 0 Å². The topological polar surface area (TPSA) is 304 Å². The molecule has 21 nitrogen and oxygen atoms in total. The molecular weight excluding hydrogens is 1440 g/mol. The molecule has 488 valence electrons. The maximum atomic E-state index is 11.6. The van der Waals surface area contributed by atoms with E-state index in [1.165, 1.54) is 48.8 Å². The number of ketones is 1. The van der Waals surface area contributed by atoms with Gasteiger partial charge < -0.3 is 35.2 Å².